The van der Waals surface area contributed by atoms with E-state index >= 15 is 0 Å². The van der Waals surface area contributed by atoms with E-state index in [1.165, 1.54) is 6.07 Å². The van der Waals surface area contributed by atoms with E-state index in [4.69, 9.17) is 17.3 Å². The molecule has 3 aromatic rings. The number of hydrogen-bond donors (Lipinski definition) is 1. The number of hydrogen-bond acceptors (Lipinski definition) is 2. The molecule has 4 rings (SSSR count). The predicted molar refractivity (Wildman–Crippen MR) is 82.8 cm³/mol. The zero-order chi connectivity index (χ0) is 14.6. The van der Waals surface area contributed by atoms with Gasteiger partial charge in [-0.05, 0) is 49.2 Å². The Bertz CT molecular complexity index is 852. The van der Waals surface area contributed by atoms with Gasteiger partial charge in [0.1, 0.15) is 11.6 Å². The van der Waals surface area contributed by atoms with Gasteiger partial charge in [0.2, 0.25) is 0 Å². The maximum absolute atomic E-state index is 14.2. The number of benzene rings is 2. The van der Waals surface area contributed by atoms with Gasteiger partial charge in [-0.1, -0.05) is 11.6 Å². The molecule has 1 heterocycles. The van der Waals surface area contributed by atoms with Crippen LogP contribution in [0.25, 0.3) is 22.4 Å². The van der Waals surface area contributed by atoms with Crippen LogP contribution in [0.3, 0.4) is 0 Å². The van der Waals surface area contributed by atoms with Gasteiger partial charge in [0, 0.05) is 16.8 Å². The first kappa shape index (κ1) is 12.7. The molecule has 0 unspecified atom stereocenters. The molecular weight excluding hydrogens is 289 g/mol. The fourth-order valence-electron chi connectivity index (χ4n) is 2.67. The number of halogens is 2. The van der Waals surface area contributed by atoms with Gasteiger partial charge in [-0.25, -0.2) is 9.37 Å². The first-order chi connectivity index (χ1) is 10.1. The number of fused-ring (bicyclic) bond motifs is 1. The van der Waals surface area contributed by atoms with E-state index in [-0.39, 0.29) is 5.82 Å². The molecule has 21 heavy (non-hydrogen) atoms. The standard InChI is InChI=1S/C16H13ClFN3/c17-9-1-6-14-15(7-9)21(11-3-4-11)16(20-14)12-5-2-10(19)8-13(12)18/h1-2,5-8,11H,3-4,19H2. The Hall–Kier alpha value is -2.07. The van der Waals surface area contributed by atoms with Crippen molar-refractivity contribution in [1.82, 2.24) is 9.55 Å². The summed E-state index contributed by atoms with van der Waals surface area (Å²) in [6.07, 6.45) is 2.17. The van der Waals surface area contributed by atoms with Crippen LogP contribution in [-0.4, -0.2) is 9.55 Å². The van der Waals surface area contributed by atoms with E-state index in [1.54, 1.807) is 18.2 Å². The highest BCUT2D eigenvalue weighted by Crippen LogP contribution is 2.42. The summed E-state index contributed by atoms with van der Waals surface area (Å²) >= 11 is 6.09. The Morgan fingerprint density at radius 3 is 2.71 bits per heavy atom. The molecule has 0 amide bonds. The molecule has 2 N–H and O–H groups in total. The van der Waals surface area contributed by atoms with E-state index in [2.05, 4.69) is 9.55 Å². The zero-order valence-electron chi connectivity index (χ0n) is 11.2. The van der Waals surface area contributed by atoms with Gasteiger partial charge in [-0.3, -0.25) is 0 Å². The van der Waals surface area contributed by atoms with Gasteiger partial charge in [-0.15, -0.1) is 0 Å². The van der Waals surface area contributed by atoms with Crippen molar-refractivity contribution in [2.24, 2.45) is 0 Å². The second-order valence-electron chi connectivity index (χ2n) is 5.41. The lowest BCUT2D eigenvalue weighted by Crippen LogP contribution is -1.99. The largest absolute Gasteiger partial charge is 0.399 e. The maximum Gasteiger partial charge on any atom is 0.144 e. The molecule has 5 heteroatoms. The Morgan fingerprint density at radius 2 is 2.00 bits per heavy atom. The molecule has 1 aliphatic rings. The van der Waals surface area contributed by atoms with Crippen LogP contribution in [0.15, 0.2) is 36.4 Å². The van der Waals surface area contributed by atoms with Crippen LogP contribution in [0.2, 0.25) is 5.02 Å². The van der Waals surface area contributed by atoms with Gasteiger partial charge in [0.25, 0.3) is 0 Å². The van der Waals surface area contributed by atoms with Crippen molar-refractivity contribution in [3.05, 3.63) is 47.2 Å². The third-order valence-corrected chi connectivity index (χ3v) is 4.03. The lowest BCUT2D eigenvalue weighted by atomic mass is 10.2. The quantitative estimate of drug-likeness (QED) is 0.712. The first-order valence-corrected chi connectivity index (χ1v) is 7.24. The first-order valence-electron chi connectivity index (χ1n) is 6.86. The lowest BCUT2D eigenvalue weighted by Gasteiger charge is -2.09. The van der Waals surface area contributed by atoms with E-state index < -0.39 is 0 Å². The molecule has 3 nitrogen and oxygen atoms in total. The number of aromatic nitrogens is 2. The third-order valence-electron chi connectivity index (χ3n) is 3.80. The molecule has 106 valence electrons. The van der Waals surface area contributed by atoms with E-state index in [9.17, 15) is 4.39 Å². The number of nitrogens with two attached hydrogens (primary N) is 1. The minimum absolute atomic E-state index is 0.349. The molecule has 2 aromatic carbocycles. The van der Waals surface area contributed by atoms with Crippen molar-refractivity contribution in [2.75, 3.05) is 5.73 Å². The highest BCUT2D eigenvalue weighted by molar-refractivity contribution is 6.31. The fourth-order valence-corrected chi connectivity index (χ4v) is 2.84. The minimum atomic E-state index is -0.349. The van der Waals surface area contributed by atoms with Gasteiger partial charge in [0.05, 0.1) is 16.6 Å². The monoisotopic (exact) mass is 301 g/mol. The molecule has 0 bridgehead atoms. The molecular formula is C16H13ClFN3. The second kappa shape index (κ2) is 4.46. The van der Waals surface area contributed by atoms with E-state index in [0.29, 0.717) is 28.1 Å². The van der Waals surface area contributed by atoms with Crippen LogP contribution in [-0.2, 0) is 0 Å². The molecule has 0 spiro atoms. The summed E-state index contributed by atoms with van der Waals surface area (Å²) in [4.78, 5) is 4.60. The fraction of sp³-hybridized carbons (Fsp3) is 0.188. The van der Waals surface area contributed by atoms with E-state index in [1.807, 2.05) is 12.1 Å². The summed E-state index contributed by atoms with van der Waals surface area (Å²) in [5.41, 5.74) is 8.30. The zero-order valence-corrected chi connectivity index (χ0v) is 11.9. The van der Waals surface area contributed by atoms with Gasteiger partial charge < -0.3 is 10.3 Å². The smallest absolute Gasteiger partial charge is 0.144 e. The number of nitrogen functional groups attached to an aromatic ring is 1. The number of anilines is 1. The average Bonchev–Trinajstić information content (AvgIpc) is 3.20. The van der Waals surface area contributed by atoms with Crippen molar-refractivity contribution in [1.29, 1.82) is 0 Å². The van der Waals surface area contributed by atoms with Crippen LogP contribution in [0, 0.1) is 5.82 Å². The highest BCUT2D eigenvalue weighted by Gasteiger charge is 2.29. The summed E-state index contributed by atoms with van der Waals surface area (Å²) in [6, 6.07) is 10.7. The lowest BCUT2D eigenvalue weighted by molar-refractivity contribution is 0.628. The number of imidazole rings is 1. The Morgan fingerprint density at radius 1 is 1.19 bits per heavy atom. The summed E-state index contributed by atoms with van der Waals surface area (Å²) in [6.45, 7) is 0. The molecule has 1 fully saturated rings. The normalized spacial score (nSPS) is 14.8. The molecule has 0 saturated heterocycles. The summed E-state index contributed by atoms with van der Waals surface area (Å²) < 4.78 is 16.3. The van der Waals surface area contributed by atoms with Crippen LogP contribution in [0.1, 0.15) is 18.9 Å². The predicted octanol–water partition coefficient (Wildman–Crippen LogP) is 4.41. The van der Waals surface area contributed by atoms with Gasteiger partial charge in [-0.2, -0.15) is 0 Å². The van der Waals surface area contributed by atoms with Crippen molar-refractivity contribution in [2.45, 2.75) is 18.9 Å². The molecule has 1 aliphatic carbocycles. The van der Waals surface area contributed by atoms with Crippen molar-refractivity contribution < 1.29 is 4.39 Å². The van der Waals surface area contributed by atoms with Gasteiger partial charge in [0.15, 0.2) is 0 Å². The average molecular weight is 302 g/mol. The van der Waals surface area contributed by atoms with Crippen LogP contribution >= 0.6 is 11.6 Å². The SMILES string of the molecule is Nc1ccc(-c2nc3ccc(Cl)cc3n2C2CC2)c(F)c1. The molecule has 1 aromatic heterocycles. The van der Waals surface area contributed by atoms with Gasteiger partial charge >= 0.3 is 0 Å². The highest BCUT2D eigenvalue weighted by atomic mass is 35.5. The molecule has 0 aliphatic heterocycles. The minimum Gasteiger partial charge on any atom is -0.399 e. The summed E-state index contributed by atoms with van der Waals surface area (Å²) in [7, 11) is 0. The topological polar surface area (TPSA) is 43.8 Å². The van der Waals surface area contributed by atoms with Crippen molar-refractivity contribution >= 4 is 28.3 Å². The second-order valence-corrected chi connectivity index (χ2v) is 5.85. The molecule has 0 radical (unpaired) electrons. The Labute approximate surface area is 126 Å². The van der Waals surface area contributed by atoms with Crippen LogP contribution in [0.5, 0.6) is 0 Å². The van der Waals surface area contributed by atoms with E-state index in [0.717, 1.165) is 23.9 Å². The summed E-state index contributed by atoms with van der Waals surface area (Å²) in [5, 5.41) is 0.661. The molecule has 1 saturated carbocycles. The Balaban J connectivity index is 2.01. The van der Waals surface area contributed by atoms with Crippen LogP contribution in [0.4, 0.5) is 10.1 Å². The van der Waals surface area contributed by atoms with Crippen LogP contribution < -0.4 is 5.73 Å². The Kier molecular flexibility index (Phi) is 2.69. The van der Waals surface area contributed by atoms with Crippen molar-refractivity contribution in [3.8, 4) is 11.4 Å². The number of rotatable bonds is 2. The summed E-state index contributed by atoms with van der Waals surface area (Å²) in [5.74, 6) is 0.297. The maximum atomic E-state index is 14.2. The molecule has 0 atom stereocenters. The third kappa shape index (κ3) is 2.07. The number of nitrogens with zero attached hydrogens (tertiary/aromatic N) is 2. The van der Waals surface area contributed by atoms with Crippen molar-refractivity contribution in [3.63, 3.8) is 0 Å².